The molecule has 0 aliphatic rings. The molecule has 0 bridgehead atoms. The number of rotatable bonds is 4. The third kappa shape index (κ3) is 4.54. The maximum atomic E-state index is 6.15. The fourth-order valence-corrected chi connectivity index (χ4v) is 2.58. The molecule has 2 N–H and O–H groups in total. The first-order valence-corrected chi connectivity index (χ1v) is 7.27. The summed E-state index contributed by atoms with van der Waals surface area (Å²) in [5.74, 6) is 0. The molecule has 1 aromatic rings. The van der Waals surface area contributed by atoms with Crippen LogP contribution in [0.3, 0.4) is 0 Å². The normalized spacial score (nSPS) is 14.0. The first kappa shape index (κ1) is 16.0. The van der Waals surface area contributed by atoms with Crippen LogP contribution in [0.4, 0.5) is 0 Å². The average Bonchev–Trinajstić information content (AvgIpc) is 2.21. The number of hydrogen-bond donors (Lipinski definition) is 1. The Labute approximate surface area is 124 Å². The van der Waals surface area contributed by atoms with Gasteiger partial charge in [-0.1, -0.05) is 38.4 Å². The van der Waals surface area contributed by atoms with Crippen molar-refractivity contribution in [2.24, 2.45) is 11.1 Å². The zero-order valence-corrected chi connectivity index (χ0v) is 13.8. The van der Waals surface area contributed by atoms with E-state index in [1.165, 1.54) is 0 Å². The summed E-state index contributed by atoms with van der Waals surface area (Å²) in [5, 5.41) is 0.732. The minimum Gasteiger partial charge on any atom is -0.329 e. The molecule has 4 heteroatoms. The van der Waals surface area contributed by atoms with Gasteiger partial charge in [0.1, 0.15) is 0 Å². The van der Waals surface area contributed by atoms with E-state index in [9.17, 15) is 0 Å². The second-order valence-electron chi connectivity index (χ2n) is 5.90. The molecule has 18 heavy (non-hydrogen) atoms. The third-order valence-corrected chi connectivity index (χ3v) is 4.04. The SMILES string of the molecule is CN(CC(C)(C)C)C(CN)c1ccc(Br)c(Cl)c1. The summed E-state index contributed by atoms with van der Waals surface area (Å²) >= 11 is 9.56. The Morgan fingerprint density at radius 1 is 1.39 bits per heavy atom. The molecule has 102 valence electrons. The van der Waals surface area contributed by atoms with Crippen molar-refractivity contribution in [1.29, 1.82) is 0 Å². The summed E-state index contributed by atoms with van der Waals surface area (Å²) in [6.07, 6.45) is 0. The highest BCUT2D eigenvalue weighted by Gasteiger charge is 2.21. The summed E-state index contributed by atoms with van der Waals surface area (Å²) < 4.78 is 0.919. The van der Waals surface area contributed by atoms with E-state index in [1.54, 1.807) is 0 Å². The van der Waals surface area contributed by atoms with E-state index in [0.717, 1.165) is 21.6 Å². The van der Waals surface area contributed by atoms with Crippen molar-refractivity contribution in [3.8, 4) is 0 Å². The Morgan fingerprint density at radius 2 is 2.00 bits per heavy atom. The van der Waals surface area contributed by atoms with Crippen LogP contribution in [0.25, 0.3) is 0 Å². The molecule has 0 aliphatic heterocycles. The van der Waals surface area contributed by atoms with E-state index in [0.29, 0.717) is 6.54 Å². The maximum absolute atomic E-state index is 6.15. The van der Waals surface area contributed by atoms with Crippen molar-refractivity contribution in [1.82, 2.24) is 4.90 Å². The molecule has 0 saturated carbocycles. The van der Waals surface area contributed by atoms with Gasteiger partial charge in [0.15, 0.2) is 0 Å². The molecule has 1 rings (SSSR count). The van der Waals surface area contributed by atoms with Gasteiger partial charge in [0, 0.05) is 23.6 Å². The zero-order chi connectivity index (χ0) is 13.9. The van der Waals surface area contributed by atoms with E-state index in [2.05, 4.69) is 54.7 Å². The van der Waals surface area contributed by atoms with Crippen LogP contribution in [0.5, 0.6) is 0 Å². The minimum atomic E-state index is 0.204. The van der Waals surface area contributed by atoms with Crippen molar-refractivity contribution in [3.63, 3.8) is 0 Å². The molecule has 1 unspecified atom stereocenters. The van der Waals surface area contributed by atoms with Crippen molar-refractivity contribution >= 4 is 27.5 Å². The number of hydrogen-bond acceptors (Lipinski definition) is 2. The van der Waals surface area contributed by atoms with Gasteiger partial charge in [0.2, 0.25) is 0 Å². The lowest BCUT2D eigenvalue weighted by Crippen LogP contribution is -2.36. The van der Waals surface area contributed by atoms with Gasteiger partial charge >= 0.3 is 0 Å². The number of nitrogens with two attached hydrogens (primary N) is 1. The van der Waals surface area contributed by atoms with Crippen LogP contribution in [0.15, 0.2) is 22.7 Å². The first-order chi connectivity index (χ1) is 8.24. The Morgan fingerprint density at radius 3 is 2.44 bits per heavy atom. The highest BCUT2D eigenvalue weighted by atomic mass is 79.9. The smallest absolute Gasteiger partial charge is 0.0551 e. The van der Waals surface area contributed by atoms with Crippen LogP contribution >= 0.6 is 27.5 Å². The van der Waals surface area contributed by atoms with E-state index in [1.807, 2.05) is 12.1 Å². The van der Waals surface area contributed by atoms with Crippen molar-refractivity contribution in [2.75, 3.05) is 20.1 Å². The van der Waals surface area contributed by atoms with Gasteiger partial charge in [0.25, 0.3) is 0 Å². The van der Waals surface area contributed by atoms with Crippen LogP contribution in [-0.4, -0.2) is 25.0 Å². The Balaban J connectivity index is 2.91. The van der Waals surface area contributed by atoms with Gasteiger partial charge in [-0.05, 0) is 46.1 Å². The highest BCUT2D eigenvalue weighted by Crippen LogP contribution is 2.29. The number of halogens is 2. The maximum Gasteiger partial charge on any atom is 0.0551 e. The molecule has 0 saturated heterocycles. The molecule has 1 atom stereocenters. The molecule has 0 fully saturated rings. The van der Waals surface area contributed by atoms with Crippen molar-refractivity contribution in [3.05, 3.63) is 33.3 Å². The summed E-state index contributed by atoms with van der Waals surface area (Å²) in [6.45, 7) is 8.26. The van der Waals surface area contributed by atoms with E-state index in [-0.39, 0.29) is 11.5 Å². The van der Waals surface area contributed by atoms with Gasteiger partial charge in [0.05, 0.1) is 5.02 Å². The Kier molecular flexibility index (Phi) is 5.66. The molecular weight excluding hydrogens is 312 g/mol. The Bertz CT molecular complexity index is 401. The van der Waals surface area contributed by atoms with Crippen LogP contribution in [0.1, 0.15) is 32.4 Å². The molecule has 0 aromatic heterocycles. The van der Waals surface area contributed by atoms with Crippen LogP contribution in [0, 0.1) is 5.41 Å². The Hall–Kier alpha value is -0.0900. The molecule has 2 nitrogen and oxygen atoms in total. The topological polar surface area (TPSA) is 29.3 Å². The van der Waals surface area contributed by atoms with Gasteiger partial charge in [-0.2, -0.15) is 0 Å². The molecule has 0 aliphatic carbocycles. The fourth-order valence-electron chi connectivity index (χ4n) is 2.15. The minimum absolute atomic E-state index is 0.204. The lowest BCUT2D eigenvalue weighted by atomic mass is 9.94. The predicted molar refractivity (Wildman–Crippen MR) is 83.0 cm³/mol. The standard InChI is InChI=1S/C14H22BrClN2/c1-14(2,3)9-18(4)13(8-17)10-5-6-11(15)12(16)7-10/h5-7,13H,8-9,17H2,1-4H3. The monoisotopic (exact) mass is 332 g/mol. The second kappa shape index (κ2) is 6.38. The lowest BCUT2D eigenvalue weighted by molar-refractivity contribution is 0.176. The number of nitrogens with zero attached hydrogens (tertiary/aromatic N) is 1. The largest absolute Gasteiger partial charge is 0.329 e. The molecular formula is C14H22BrClN2. The predicted octanol–water partition coefficient (Wildman–Crippen LogP) is 4.08. The van der Waals surface area contributed by atoms with Crippen LogP contribution < -0.4 is 5.73 Å². The highest BCUT2D eigenvalue weighted by molar-refractivity contribution is 9.10. The molecule has 0 radical (unpaired) electrons. The van der Waals surface area contributed by atoms with Crippen LogP contribution in [-0.2, 0) is 0 Å². The van der Waals surface area contributed by atoms with E-state index >= 15 is 0 Å². The summed E-state index contributed by atoms with van der Waals surface area (Å²) in [5.41, 5.74) is 7.33. The van der Waals surface area contributed by atoms with E-state index < -0.39 is 0 Å². The molecule has 0 heterocycles. The second-order valence-corrected chi connectivity index (χ2v) is 7.16. The van der Waals surface area contributed by atoms with Crippen LogP contribution in [0.2, 0.25) is 5.02 Å². The van der Waals surface area contributed by atoms with E-state index in [4.69, 9.17) is 17.3 Å². The van der Waals surface area contributed by atoms with Gasteiger partial charge in [-0.3, -0.25) is 4.90 Å². The summed E-state index contributed by atoms with van der Waals surface area (Å²) in [7, 11) is 2.11. The third-order valence-electron chi connectivity index (χ3n) is 2.81. The summed E-state index contributed by atoms with van der Waals surface area (Å²) in [6, 6.07) is 6.25. The van der Waals surface area contributed by atoms with Gasteiger partial charge in [-0.15, -0.1) is 0 Å². The lowest BCUT2D eigenvalue weighted by Gasteiger charge is -2.33. The van der Waals surface area contributed by atoms with Crippen molar-refractivity contribution in [2.45, 2.75) is 26.8 Å². The van der Waals surface area contributed by atoms with Gasteiger partial charge in [-0.25, -0.2) is 0 Å². The first-order valence-electron chi connectivity index (χ1n) is 6.10. The van der Waals surface area contributed by atoms with Gasteiger partial charge < -0.3 is 5.73 Å². The molecule has 1 aromatic carbocycles. The average molecular weight is 334 g/mol. The fraction of sp³-hybridized carbons (Fsp3) is 0.571. The quantitative estimate of drug-likeness (QED) is 0.899. The number of likely N-dealkylation sites (N-methyl/N-ethyl adjacent to an activating group) is 1. The molecule has 0 spiro atoms. The van der Waals surface area contributed by atoms with Crippen molar-refractivity contribution < 1.29 is 0 Å². The number of benzene rings is 1. The summed E-state index contributed by atoms with van der Waals surface area (Å²) in [4.78, 5) is 2.29. The zero-order valence-electron chi connectivity index (χ0n) is 11.5. The molecule has 0 amide bonds.